The predicted molar refractivity (Wildman–Crippen MR) is 39.5 cm³/mol. The molecule has 2 N–H and O–H groups in total. The van der Waals surface area contributed by atoms with Gasteiger partial charge in [-0.15, -0.1) is 0 Å². The first-order chi connectivity index (χ1) is 5.29. The van der Waals surface area contributed by atoms with Gasteiger partial charge in [0.15, 0.2) is 0 Å². The molecule has 0 radical (unpaired) electrons. The summed E-state index contributed by atoms with van der Waals surface area (Å²) in [6.45, 7) is 2.04. The van der Waals surface area contributed by atoms with E-state index in [1.807, 2.05) is 0 Å². The summed E-state index contributed by atoms with van der Waals surface area (Å²) in [5.74, 6) is -0.799. The number of ether oxygens (including phenoxy) is 1. The monoisotopic (exact) mass is 159 g/mol. The van der Waals surface area contributed by atoms with Gasteiger partial charge >= 0.3 is 5.97 Å². The molecule has 0 spiro atoms. The maximum absolute atomic E-state index is 10.0. The number of aliphatic carboxylic acids is 1. The fraction of sp³-hybridized carbons (Fsp3) is 0.857. The van der Waals surface area contributed by atoms with Gasteiger partial charge in [-0.1, -0.05) is 0 Å². The summed E-state index contributed by atoms with van der Waals surface area (Å²) in [5, 5.41) is 11.4. The quantitative estimate of drug-likeness (QED) is 0.547. The largest absolute Gasteiger partial charge is 0.481 e. The Kier molecular flexibility index (Phi) is 3.32. The maximum Gasteiger partial charge on any atom is 0.305 e. The number of hydrogen-bond acceptors (Lipinski definition) is 3. The van der Waals surface area contributed by atoms with Crippen molar-refractivity contribution in [3.8, 4) is 0 Å². The first kappa shape index (κ1) is 8.49. The Hall–Kier alpha value is -0.610. The highest BCUT2D eigenvalue weighted by molar-refractivity contribution is 5.66. The molecule has 1 fully saturated rings. The van der Waals surface area contributed by atoms with Crippen LogP contribution in [-0.4, -0.2) is 36.9 Å². The van der Waals surface area contributed by atoms with Crippen molar-refractivity contribution in [2.45, 2.75) is 18.9 Å². The SMILES string of the molecule is O=C(O)CCOCC1CCN1. The molecule has 1 heterocycles. The number of carbonyl (C=O) groups is 1. The van der Waals surface area contributed by atoms with E-state index in [0.29, 0.717) is 19.3 Å². The minimum Gasteiger partial charge on any atom is -0.481 e. The summed E-state index contributed by atoms with van der Waals surface area (Å²) in [6.07, 6.45) is 1.25. The topological polar surface area (TPSA) is 58.6 Å². The summed E-state index contributed by atoms with van der Waals surface area (Å²) >= 11 is 0. The standard InChI is InChI=1S/C7H13NO3/c9-7(10)2-4-11-5-6-1-3-8-6/h6,8H,1-5H2,(H,9,10). The van der Waals surface area contributed by atoms with Gasteiger partial charge in [-0.2, -0.15) is 0 Å². The Balaban J connectivity index is 1.83. The third-order valence-electron chi connectivity index (χ3n) is 1.71. The van der Waals surface area contributed by atoms with Gasteiger partial charge in [-0.05, 0) is 13.0 Å². The van der Waals surface area contributed by atoms with Crippen LogP contribution in [0.4, 0.5) is 0 Å². The van der Waals surface area contributed by atoms with Crippen LogP contribution in [0, 0.1) is 0 Å². The lowest BCUT2D eigenvalue weighted by molar-refractivity contribution is -0.138. The van der Waals surface area contributed by atoms with Gasteiger partial charge in [-0.3, -0.25) is 4.79 Å². The smallest absolute Gasteiger partial charge is 0.305 e. The van der Waals surface area contributed by atoms with Crippen LogP contribution < -0.4 is 5.32 Å². The molecule has 1 aliphatic rings. The Morgan fingerprint density at radius 2 is 2.45 bits per heavy atom. The molecule has 1 aliphatic heterocycles. The van der Waals surface area contributed by atoms with Crippen molar-refractivity contribution in [3.63, 3.8) is 0 Å². The van der Waals surface area contributed by atoms with E-state index in [4.69, 9.17) is 9.84 Å². The van der Waals surface area contributed by atoms with Crippen LogP contribution in [0.25, 0.3) is 0 Å². The summed E-state index contributed by atoms with van der Waals surface area (Å²) in [7, 11) is 0. The van der Waals surface area contributed by atoms with Crippen LogP contribution in [-0.2, 0) is 9.53 Å². The van der Waals surface area contributed by atoms with E-state index in [9.17, 15) is 4.79 Å². The van der Waals surface area contributed by atoms with Gasteiger partial charge in [0.1, 0.15) is 0 Å². The van der Waals surface area contributed by atoms with E-state index >= 15 is 0 Å². The van der Waals surface area contributed by atoms with Crippen LogP contribution in [0.5, 0.6) is 0 Å². The molecule has 4 nitrogen and oxygen atoms in total. The molecule has 1 atom stereocenters. The second-order valence-electron chi connectivity index (χ2n) is 2.66. The van der Waals surface area contributed by atoms with Crippen LogP contribution >= 0.6 is 0 Å². The van der Waals surface area contributed by atoms with Crippen LogP contribution in [0.3, 0.4) is 0 Å². The van der Waals surface area contributed by atoms with E-state index in [0.717, 1.165) is 13.0 Å². The first-order valence-corrected chi connectivity index (χ1v) is 3.82. The molecule has 11 heavy (non-hydrogen) atoms. The molecule has 1 saturated heterocycles. The molecular formula is C7H13NO3. The highest BCUT2D eigenvalue weighted by Crippen LogP contribution is 2.01. The molecule has 1 unspecified atom stereocenters. The lowest BCUT2D eigenvalue weighted by Gasteiger charge is -2.26. The average Bonchev–Trinajstić information content (AvgIpc) is 1.82. The molecule has 0 saturated carbocycles. The Morgan fingerprint density at radius 1 is 1.73 bits per heavy atom. The third kappa shape index (κ3) is 3.34. The number of nitrogens with one attached hydrogen (secondary N) is 1. The number of carboxylic acid groups (broad SMARTS) is 1. The number of rotatable bonds is 5. The third-order valence-corrected chi connectivity index (χ3v) is 1.71. The molecule has 0 aromatic rings. The lowest BCUT2D eigenvalue weighted by atomic mass is 10.1. The Labute approximate surface area is 65.5 Å². The van der Waals surface area contributed by atoms with Crippen molar-refractivity contribution in [1.29, 1.82) is 0 Å². The van der Waals surface area contributed by atoms with Crippen molar-refractivity contribution in [3.05, 3.63) is 0 Å². The van der Waals surface area contributed by atoms with Crippen molar-refractivity contribution >= 4 is 5.97 Å². The zero-order chi connectivity index (χ0) is 8.10. The summed E-state index contributed by atoms with van der Waals surface area (Å²) in [4.78, 5) is 10.0. The van der Waals surface area contributed by atoms with Gasteiger partial charge in [0.05, 0.1) is 19.6 Å². The molecule has 4 heteroatoms. The first-order valence-electron chi connectivity index (χ1n) is 3.82. The van der Waals surface area contributed by atoms with E-state index in [1.54, 1.807) is 0 Å². The lowest BCUT2D eigenvalue weighted by Crippen LogP contribution is -2.46. The second kappa shape index (κ2) is 4.31. The predicted octanol–water partition coefficient (Wildman–Crippen LogP) is -0.160. The molecule has 0 aromatic heterocycles. The molecule has 0 amide bonds. The molecular weight excluding hydrogens is 146 g/mol. The molecule has 1 rings (SSSR count). The van der Waals surface area contributed by atoms with Gasteiger partial charge < -0.3 is 15.2 Å². The number of carboxylic acids is 1. The zero-order valence-electron chi connectivity index (χ0n) is 6.38. The highest BCUT2D eigenvalue weighted by Gasteiger charge is 2.15. The average molecular weight is 159 g/mol. The maximum atomic E-state index is 10.0. The van der Waals surface area contributed by atoms with E-state index in [1.165, 1.54) is 0 Å². The van der Waals surface area contributed by atoms with E-state index < -0.39 is 5.97 Å². The van der Waals surface area contributed by atoms with Gasteiger partial charge in [-0.25, -0.2) is 0 Å². The van der Waals surface area contributed by atoms with E-state index in [2.05, 4.69) is 5.32 Å². The highest BCUT2D eigenvalue weighted by atomic mass is 16.5. The molecule has 0 aliphatic carbocycles. The van der Waals surface area contributed by atoms with Gasteiger partial charge in [0.2, 0.25) is 0 Å². The van der Waals surface area contributed by atoms with Crippen molar-refractivity contribution in [2.75, 3.05) is 19.8 Å². The zero-order valence-corrected chi connectivity index (χ0v) is 6.38. The normalized spacial score (nSPS) is 22.7. The minimum atomic E-state index is -0.799. The van der Waals surface area contributed by atoms with Gasteiger partial charge in [0, 0.05) is 6.04 Å². The van der Waals surface area contributed by atoms with Crippen LogP contribution in [0.15, 0.2) is 0 Å². The number of hydrogen-bond donors (Lipinski definition) is 2. The molecule has 0 bridgehead atoms. The van der Waals surface area contributed by atoms with Crippen LogP contribution in [0.2, 0.25) is 0 Å². The van der Waals surface area contributed by atoms with Crippen molar-refractivity contribution in [2.24, 2.45) is 0 Å². The summed E-state index contributed by atoms with van der Waals surface area (Å²) in [5.41, 5.74) is 0. The molecule has 64 valence electrons. The van der Waals surface area contributed by atoms with Crippen molar-refractivity contribution in [1.82, 2.24) is 5.32 Å². The summed E-state index contributed by atoms with van der Waals surface area (Å²) in [6, 6.07) is 0.462. The second-order valence-corrected chi connectivity index (χ2v) is 2.66. The van der Waals surface area contributed by atoms with Crippen LogP contribution in [0.1, 0.15) is 12.8 Å². The van der Waals surface area contributed by atoms with Crippen molar-refractivity contribution < 1.29 is 14.6 Å². The minimum absolute atomic E-state index is 0.104. The fourth-order valence-corrected chi connectivity index (χ4v) is 0.876. The molecule has 0 aromatic carbocycles. The Bertz CT molecular complexity index is 134. The fourth-order valence-electron chi connectivity index (χ4n) is 0.876. The summed E-state index contributed by atoms with van der Waals surface area (Å²) < 4.78 is 5.11. The Morgan fingerprint density at radius 3 is 2.91 bits per heavy atom. The van der Waals surface area contributed by atoms with E-state index in [-0.39, 0.29) is 6.42 Å². The van der Waals surface area contributed by atoms with Gasteiger partial charge in [0.25, 0.3) is 0 Å².